The van der Waals surface area contributed by atoms with Crippen molar-refractivity contribution in [1.82, 2.24) is 9.47 Å². The fourth-order valence-electron chi connectivity index (χ4n) is 4.20. The lowest BCUT2D eigenvalue weighted by Gasteiger charge is -2.13. The van der Waals surface area contributed by atoms with Gasteiger partial charge in [0.1, 0.15) is 6.54 Å². The van der Waals surface area contributed by atoms with Gasteiger partial charge in [0.05, 0.1) is 23.3 Å². The minimum absolute atomic E-state index is 0.227. The van der Waals surface area contributed by atoms with Gasteiger partial charge in [-0.15, -0.1) is 0 Å². The number of methoxy groups -OCH3 is 1. The number of benzene rings is 2. The molecule has 0 saturated carbocycles. The molecule has 0 unspecified atom stereocenters. The molecule has 0 aliphatic carbocycles. The third kappa shape index (κ3) is 5.22. The number of para-hydroxylation sites is 1. The number of carbonyl (C=O) groups excluding carboxylic acids is 4. The van der Waals surface area contributed by atoms with E-state index in [9.17, 15) is 19.2 Å². The molecule has 3 aromatic rings. The number of imide groups is 1. The maximum Gasteiger partial charge on any atom is 0.339 e. The van der Waals surface area contributed by atoms with Gasteiger partial charge in [-0.2, -0.15) is 0 Å². The lowest BCUT2D eigenvalue weighted by molar-refractivity contribution is -0.127. The van der Waals surface area contributed by atoms with Crippen LogP contribution in [0.25, 0.3) is 11.8 Å². The SMILES string of the molecule is COC(=O)c1ccccc1-n1c(C)cc(/C=C2/SC(=O)N(CC(=O)Nc3ccc(C)c(C)c3)C2=O)c1C. The van der Waals surface area contributed by atoms with Crippen molar-refractivity contribution in [2.45, 2.75) is 27.7 Å². The third-order valence-electron chi connectivity index (χ3n) is 6.27. The van der Waals surface area contributed by atoms with Crippen molar-refractivity contribution in [2.24, 2.45) is 0 Å². The second kappa shape index (κ2) is 10.5. The molecular weight excluding hydrogens is 490 g/mol. The zero-order valence-corrected chi connectivity index (χ0v) is 22.1. The molecule has 0 bridgehead atoms. The Labute approximate surface area is 219 Å². The number of aryl methyl sites for hydroxylation is 3. The molecule has 2 heterocycles. The zero-order valence-electron chi connectivity index (χ0n) is 21.2. The lowest BCUT2D eigenvalue weighted by atomic mass is 10.1. The van der Waals surface area contributed by atoms with Crippen LogP contribution in [0.5, 0.6) is 0 Å². The molecule has 1 aliphatic rings. The quantitative estimate of drug-likeness (QED) is 0.358. The number of anilines is 1. The van der Waals surface area contributed by atoms with Crippen molar-refractivity contribution in [3.8, 4) is 5.69 Å². The van der Waals surface area contributed by atoms with Crippen molar-refractivity contribution < 1.29 is 23.9 Å². The first kappa shape index (κ1) is 26.0. The van der Waals surface area contributed by atoms with E-state index in [0.717, 1.165) is 44.7 Å². The van der Waals surface area contributed by atoms with Gasteiger partial charge in [-0.05, 0) is 92.6 Å². The average Bonchev–Trinajstić information content (AvgIpc) is 3.29. The van der Waals surface area contributed by atoms with Crippen LogP contribution in [0.3, 0.4) is 0 Å². The van der Waals surface area contributed by atoms with E-state index in [-0.39, 0.29) is 11.4 Å². The van der Waals surface area contributed by atoms with Gasteiger partial charge in [-0.1, -0.05) is 18.2 Å². The van der Waals surface area contributed by atoms with Crippen LogP contribution in [0, 0.1) is 27.7 Å². The number of carbonyl (C=O) groups is 4. The first-order valence-corrected chi connectivity index (χ1v) is 12.4. The monoisotopic (exact) mass is 517 g/mol. The summed E-state index contributed by atoms with van der Waals surface area (Å²) in [5, 5.41) is 2.24. The molecule has 0 radical (unpaired) electrons. The van der Waals surface area contributed by atoms with Gasteiger partial charge in [-0.3, -0.25) is 19.3 Å². The lowest BCUT2D eigenvalue weighted by Crippen LogP contribution is -2.36. The van der Waals surface area contributed by atoms with Gasteiger partial charge < -0.3 is 14.6 Å². The number of aromatic nitrogens is 1. The molecule has 0 spiro atoms. The second-order valence-corrected chi connectivity index (χ2v) is 9.78. The van der Waals surface area contributed by atoms with Gasteiger partial charge >= 0.3 is 5.97 Å². The van der Waals surface area contributed by atoms with Crippen LogP contribution in [0.2, 0.25) is 0 Å². The summed E-state index contributed by atoms with van der Waals surface area (Å²) in [5.41, 5.74) is 6.15. The maximum absolute atomic E-state index is 13.0. The Hall–Kier alpha value is -4.11. The van der Waals surface area contributed by atoms with Crippen molar-refractivity contribution in [3.05, 3.63) is 87.1 Å². The number of esters is 1. The summed E-state index contributed by atoms with van der Waals surface area (Å²) < 4.78 is 6.82. The van der Waals surface area contributed by atoms with Gasteiger partial charge in [0.25, 0.3) is 11.1 Å². The number of hydrogen-bond acceptors (Lipinski definition) is 6. The topological polar surface area (TPSA) is 97.7 Å². The predicted octanol–water partition coefficient (Wildman–Crippen LogP) is 5.17. The number of thioether (sulfide) groups is 1. The fraction of sp³-hybridized carbons (Fsp3) is 0.214. The summed E-state index contributed by atoms with van der Waals surface area (Å²) in [4.78, 5) is 51.7. The number of ether oxygens (including phenoxy) is 1. The van der Waals surface area contributed by atoms with E-state index in [1.54, 1.807) is 24.3 Å². The third-order valence-corrected chi connectivity index (χ3v) is 7.18. The molecule has 190 valence electrons. The van der Waals surface area contributed by atoms with E-state index in [1.807, 2.05) is 62.6 Å². The number of hydrogen-bond donors (Lipinski definition) is 1. The van der Waals surface area contributed by atoms with Gasteiger partial charge in [0, 0.05) is 17.1 Å². The Kier molecular flexibility index (Phi) is 7.35. The van der Waals surface area contributed by atoms with E-state index >= 15 is 0 Å². The molecule has 3 amide bonds. The first-order chi connectivity index (χ1) is 17.6. The Morgan fingerprint density at radius 2 is 1.73 bits per heavy atom. The molecule has 9 heteroatoms. The summed E-state index contributed by atoms with van der Waals surface area (Å²) in [5.74, 6) is -1.43. The fourth-order valence-corrected chi connectivity index (χ4v) is 5.03. The molecule has 37 heavy (non-hydrogen) atoms. The number of amides is 3. The van der Waals surface area contributed by atoms with Crippen LogP contribution in [-0.4, -0.2) is 46.1 Å². The molecule has 2 aromatic carbocycles. The number of rotatable bonds is 6. The predicted molar refractivity (Wildman–Crippen MR) is 144 cm³/mol. The van der Waals surface area contributed by atoms with Crippen molar-refractivity contribution in [2.75, 3.05) is 19.0 Å². The van der Waals surface area contributed by atoms with Crippen LogP contribution in [0.4, 0.5) is 10.5 Å². The normalized spacial score (nSPS) is 14.4. The Morgan fingerprint density at radius 1 is 1.00 bits per heavy atom. The van der Waals surface area contributed by atoms with Gasteiger partial charge in [0.2, 0.25) is 5.91 Å². The summed E-state index contributed by atoms with van der Waals surface area (Å²) in [7, 11) is 1.33. The standard InChI is InChI=1S/C28H27N3O5S/c1-16-10-11-21(12-17(16)2)29-25(32)15-30-26(33)24(37-28(30)35)14-20-13-18(3)31(19(20)4)23-9-7-6-8-22(23)27(34)36-5/h6-14H,15H2,1-5H3,(H,29,32)/b24-14+. The van der Waals surface area contributed by atoms with Crippen LogP contribution >= 0.6 is 11.8 Å². The zero-order chi connectivity index (χ0) is 26.9. The minimum atomic E-state index is -0.523. The Morgan fingerprint density at radius 3 is 2.43 bits per heavy atom. The highest BCUT2D eigenvalue weighted by molar-refractivity contribution is 8.18. The van der Waals surface area contributed by atoms with Gasteiger partial charge in [-0.25, -0.2) is 4.79 Å². The smallest absolute Gasteiger partial charge is 0.339 e. The molecule has 1 aliphatic heterocycles. The Balaban J connectivity index is 1.56. The van der Waals surface area contributed by atoms with Crippen LogP contribution < -0.4 is 5.32 Å². The average molecular weight is 518 g/mol. The molecule has 0 atom stereocenters. The van der Waals surface area contributed by atoms with Gasteiger partial charge in [0.15, 0.2) is 0 Å². The maximum atomic E-state index is 13.0. The molecule has 1 N–H and O–H groups in total. The van der Waals surface area contributed by atoms with Crippen LogP contribution in [-0.2, 0) is 14.3 Å². The highest BCUT2D eigenvalue weighted by atomic mass is 32.2. The van der Waals surface area contributed by atoms with E-state index in [4.69, 9.17) is 4.74 Å². The molecular formula is C28H27N3O5S. The molecule has 1 saturated heterocycles. The van der Waals surface area contributed by atoms with Crippen molar-refractivity contribution in [3.63, 3.8) is 0 Å². The van der Waals surface area contributed by atoms with E-state index in [2.05, 4.69) is 5.32 Å². The molecule has 8 nitrogen and oxygen atoms in total. The summed E-state index contributed by atoms with van der Waals surface area (Å²) in [6, 6.07) is 14.5. The summed E-state index contributed by atoms with van der Waals surface area (Å²) in [6.45, 7) is 7.30. The first-order valence-electron chi connectivity index (χ1n) is 11.6. The molecule has 4 rings (SSSR count). The Bertz CT molecular complexity index is 1470. The highest BCUT2D eigenvalue weighted by Gasteiger charge is 2.36. The van der Waals surface area contributed by atoms with Crippen molar-refractivity contribution >= 4 is 46.5 Å². The molecule has 1 fully saturated rings. The highest BCUT2D eigenvalue weighted by Crippen LogP contribution is 2.34. The minimum Gasteiger partial charge on any atom is -0.465 e. The number of nitrogens with zero attached hydrogens (tertiary/aromatic N) is 2. The molecule has 1 aromatic heterocycles. The van der Waals surface area contributed by atoms with Crippen LogP contribution in [0.1, 0.15) is 38.4 Å². The van der Waals surface area contributed by atoms with E-state index in [0.29, 0.717) is 16.9 Å². The van der Waals surface area contributed by atoms with E-state index in [1.165, 1.54) is 7.11 Å². The summed E-state index contributed by atoms with van der Waals surface area (Å²) in [6.07, 6.45) is 1.64. The summed E-state index contributed by atoms with van der Waals surface area (Å²) >= 11 is 0.796. The van der Waals surface area contributed by atoms with E-state index < -0.39 is 23.0 Å². The van der Waals surface area contributed by atoms with Crippen LogP contribution in [0.15, 0.2) is 53.4 Å². The largest absolute Gasteiger partial charge is 0.465 e. The number of nitrogens with one attached hydrogen (secondary N) is 1. The second-order valence-electron chi connectivity index (χ2n) is 8.79. The van der Waals surface area contributed by atoms with Crippen molar-refractivity contribution in [1.29, 1.82) is 0 Å².